The number of amides is 1. The number of halogens is 2. The maximum atomic E-state index is 12.8. The molecule has 0 unspecified atom stereocenters. The Morgan fingerprint density at radius 2 is 1.89 bits per heavy atom. The Morgan fingerprint density at radius 3 is 2.67 bits per heavy atom. The van der Waals surface area contributed by atoms with Crippen LogP contribution in [0.1, 0.15) is 10.4 Å². The van der Waals surface area contributed by atoms with Gasteiger partial charge in [0.15, 0.2) is 0 Å². The van der Waals surface area contributed by atoms with Crippen LogP contribution < -0.4 is 9.64 Å². The molecule has 140 valence electrons. The number of hydrogen-bond donors (Lipinski definition) is 0. The summed E-state index contributed by atoms with van der Waals surface area (Å²) in [5, 5.41) is 1.97. The van der Waals surface area contributed by atoms with Crippen molar-refractivity contribution in [1.82, 2.24) is 14.9 Å². The molecule has 9 heteroatoms. The first-order valence-corrected chi connectivity index (χ1v) is 9.27. The molecule has 1 aliphatic rings. The van der Waals surface area contributed by atoms with Gasteiger partial charge in [-0.2, -0.15) is 8.78 Å². The number of piperazine rings is 1. The SMILES string of the molecule is O=C(c1ccccc1OC(F)F)N1CCN(c2ncnc3ccsc23)CC1. The number of rotatable bonds is 4. The van der Waals surface area contributed by atoms with Crippen LogP contribution in [0.4, 0.5) is 14.6 Å². The minimum Gasteiger partial charge on any atom is -0.434 e. The zero-order valence-electron chi connectivity index (χ0n) is 14.2. The maximum Gasteiger partial charge on any atom is 0.387 e. The molecule has 3 heterocycles. The van der Waals surface area contributed by atoms with Gasteiger partial charge in [0.2, 0.25) is 0 Å². The van der Waals surface area contributed by atoms with E-state index in [1.54, 1.807) is 34.7 Å². The molecule has 0 spiro atoms. The highest BCUT2D eigenvalue weighted by Crippen LogP contribution is 2.29. The van der Waals surface area contributed by atoms with Gasteiger partial charge < -0.3 is 14.5 Å². The molecule has 3 aromatic rings. The largest absolute Gasteiger partial charge is 0.434 e. The average molecular weight is 390 g/mol. The predicted molar refractivity (Wildman–Crippen MR) is 98.6 cm³/mol. The fraction of sp³-hybridized carbons (Fsp3) is 0.278. The summed E-state index contributed by atoms with van der Waals surface area (Å²) in [6.45, 7) is -0.819. The first-order chi connectivity index (χ1) is 13.1. The molecule has 0 N–H and O–H groups in total. The molecule has 27 heavy (non-hydrogen) atoms. The van der Waals surface area contributed by atoms with E-state index >= 15 is 0 Å². The van der Waals surface area contributed by atoms with Gasteiger partial charge in [-0.1, -0.05) is 12.1 Å². The van der Waals surface area contributed by atoms with E-state index in [4.69, 9.17) is 0 Å². The summed E-state index contributed by atoms with van der Waals surface area (Å²) in [4.78, 5) is 25.2. The van der Waals surface area contributed by atoms with E-state index in [-0.39, 0.29) is 17.2 Å². The summed E-state index contributed by atoms with van der Waals surface area (Å²) >= 11 is 1.58. The first-order valence-electron chi connectivity index (χ1n) is 8.40. The highest BCUT2D eigenvalue weighted by Gasteiger charge is 2.26. The van der Waals surface area contributed by atoms with Crippen molar-refractivity contribution in [1.29, 1.82) is 0 Å². The van der Waals surface area contributed by atoms with Crippen LogP contribution in [0.15, 0.2) is 42.0 Å². The molecule has 2 aromatic heterocycles. The molecule has 1 saturated heterocycles. The van der Waals surface area contributed by atoms with Crippen molar-refractivity contribution < 1.29 is 18.3 Å². The number of benzene rings is 1. The summed E-state index contributed by atoms with van der Waals surface area (Å²) in [7, 11) is 0. The third kappa shape index (κ3) is 3.55. The van der Waals surface area contributed by atoms with Crippen LogP contribution in [0.2, 0.25) is 0 Å². The molecule has 0 saturated carbocycles. The minimum atomic E-state index is -2.97. The number of aromatic nitrogens is 2. The number of carbonyl (C=O) groups is 1. The second-order valence-electron chi connectivity index (χ2n) is 5.99. The van der Waals surface area contributed by atoms with Crippen LogP contribution in [0, 0.1) is 0 Å². The zero-order chi connectivity index (χ0) is 18.8. The summed E-state index contributed by atoms with van der Waals surface area (Å²) in [5.41, 5.74) is 1.05. The molecule has 6 nitrogen and oxygen atoms in total. The van der Waals surface area contributed by atoms with Gasteiger partial charge in [-0.15, -0.1) is 11.3 Å². The molecule has 0 aliphatic carbocycles. The lowest BCUT2D eigenvalue weighted by Crippen LogP contribution is -2.49. The molecule has 1 aliphatic heterocycles. The summed E-state index contributed by atoms with van der Waals surface area (Å²) in [6, 6.07) is 8.03. The van der Waals surface area contributed by atoms with Gasteiger partial charge >= 0.3 is 6.61 Å². The number of alkyl halides is 2. The van der Waals surface area contributed by atoms with Crippen molar-refractivity contribution in [3.63, 3.8) is 0 Å². The van der Waals surface area contributed by atoms with Crippen molar-refractivity contribution in [2.75, 3.05) is 31.1 Å². The van der Waals surface area contributed by atoms with E-state index in [9.17, 15) is 13.6 Å². The second kappa shape index (κ2) is 7.43. The van der Waals surface area contributed by atoms with E-state index in [0.717, 1.165) is 16.0 Å². The van der Waals surface area contributed by atoms with Gasteiger partial charge in [0.1, 0.15) is 17.9 Å². The number of thiophene rings is 1. The van der Waals surface area contributed by atoms with Crippen molar-refractivity contribution in [3.05, 3.63) is 47.6 Å². The molecular weight excluding hydrogens is 374 g/mol. The number of hydrogen-bond acceptors (Lipinski definition) is 6. The maximum absolute atomic E-state index is 12.8. The summed E-state index contributed by atoms with van der Waals surface area (Å²) in [6.07, 6.45) is 1.54. The van der Waals surface area contributed by atoms with Crippen LogP contribution in [0.5, 0.6) is 5.75 Å². The highest BCUT2D eigenvalue weighted by molar-refractivity contribution is 7.17. The van der Waals surface area contributed by atoms with Crippen LogP contribution in [0.25, 0.3) is 10.2 Å². The smallest absolute Gasteiger partial charge is 0.387 e. The monoisotopic (exact) mass is 390 g/mol. The highest BCUT2D eigenvalue weighted by atomic mass is 32.1. The number of para-hydroxylation sites is 1. The number of fused-ring (bicyclic) bond motifs is 1. The van der Waals surface area contributed by atoms with Gasteiger partial charge in [-0.05, 0) is 23.6 Å². The van der Waals surface area contributed by atoms with Crippen molar-refractivity contribution in [2.45, 2.75) is 6.61 Å². The Hall–Kier alpha value is -2.81. The van der Waals surface area contributed by atoms with Gasteiger partial charge in [-0.25, -0.2) is 9.97 Å². The van der Waals surface area contributed by atoms with Crippen LogP contribution in [-0.4, -0.2) is 53.6 Å². The standard InChI is InChI=1S/C18H16F2N4O2S/c19-18(20)26-14-4-2-1-3-12(14)17(25)24-8-6-23(7-9-24)16-15-13(5-10-27-15)21-11-22-16/h1-5,10-11,18H,6-9H2. The Morgan fingerprint density at radius 1 is 1.11 bits per heavy atom. The lowest BCUT2D eigenvalue weighted by atomic mass is 10.1. The van der Waals surface area contributed by atoms with E-state index in [0.29, 0.717) is 26.2 Å². The van der Waals surface area contributed by atoms with Crippen molar-refractivity contribution >= 4 is 33.3 Å². The fourth-order valence-corrected chi connectivity index (χ4v) is 4.00. The third-order valence-corrected chi connectivity index (χ3v) is 5.32. The molecule has 0 radical (unpaired) electrons. The van der Waals surface area contributed by atoms with E-state index in [2.05, 4.69) is 19.6 Å². The molecular formula is C18H16F2N4O2S. The number of ether oxygens (including phenoxy) is 1. The molecule has 4 rings (SSSR count). The lowest BCUT2D eigenvalue weighted by Gasteiger charge is -2.35. The Labute approximate surface area is 158 Å². The molecule has 0 atom stereocenters. The minimum absolute atomic E-state index is 0.101. The van der Waals surface area contributed by atoms with E-state index in [1.165, 1.54) is 12.1 Å². The van der Waals surface area contributed by atoms with Gasteiger partial charge in [0.25, 0.3) is 5.91 Å². The number of carbonyl (C=O) groups excluding carboxylic acids is 1. The molecule has 0 bridgehead atoms. The second-order valence-corrected chi connectivity index (χ2v) is 6.90. The first kappa shape index (κ1) is 17.6. The molecule has 1 amide bonds. The average Bonchev–Trinajstić information content (AvgIpc) is 3.16. The summed E-state index contributed by atoms with van der Waals surface area (Å²) in [5.74, 6) is 0.453. The number of anilines is 1. The normalized spacial score (nSPS) is 14.8. The Kier molecular flexibility index (Phi) is 4.85. The van der Waals surface area contributed by atoms with Gasteiger partial charge in [0, 0.05) is 26.2 Å². The van der Waals surface area contributed by atoms with Gasteiger partial charge in [0.05, 0.1) is 15.8 Å². The summed E-state index contributed by atoms with van der Waals surface area (Å²) < 4.78 is 30.7. The zero-order valence-corrected chi connectivity index (χ0v) is 15.0. The molecule has 1 fully saturated rings. The lowest BCUT2D eigenvalue weighted by molar-refractivity contribution is -0.0502. The van der Waals surface area contributed by atoms with Crippen LogP contribution in [-0.2, 0) is 0 Å². The third-order valence-electron chi connectivity index (χ3n) is 4.42. The predicted octanol–water partition coefficient (Wildman–Crippen LogP) is 3.26. The topological polar surface area (TPSA) is 58.6 Å². The van der Waals surface area contributed by atoms with Gasteiger partial charge in [-0.3, -0.25) is 4.79 Å². The Balaban J connectivity index is 1.48. The van der Waals surface area contributed by atoms with E-state index < -0.39 is 6.61 Å². The van der Waals surface area contributed by atoms with Crippen molar-refractivity contribution in [3.8, 4) is 5.75 Å². The Bertz CT molecular complexity index is 957. The number of nitrogens with zero attached hydrogens (tertiary/aromatic N) is 4. The van der Waals surface area contributed by atoms with Crippen LogP contribution >= 0.6 is 11.3 Å². The fourth-order valence-electron chi connectivity index (χ4n) is 3.13. The van der Waals surface area contributed by atoms with Crippen molar-refractivity contribution in [2.24, 2.45) is 0 Å². The van der Waals surface area contributed by atoms with Crippen LogP contribution in [0.3, 0.4) is 0 Å². The molecule has 1 aromatic carbocycles. The quantitative estimate of drug-likeness (QED) is 0.685. The van der Waals surface area contributed by atoms with E-state index in [1.807, 2.05) is 11.4 Å².